The van der Waals surface area contributed by atoms with Gasteiger partial charge in [0.15, 0.2) is 0 Å². The van der Waals surface area contributed by atoms with Crippen LogP contribution in [0, 0.1) is 11.3 Å². The van der Waals surface area contributed by atoms with Gasteiger partial charge in [0, 0.05) is 67.0 Å². The van der Waals surface area contributed by atoms with Crippen molar-refractivity contribution in [1.29, 1.82) is 0 Å². The van der Waals surface area contributed by atoms with E-state index >= 15 is 0 Å². The van der Waals surface area contributed by atoms with Crippen molar-refractivity contribution in [3.8, 4) is 0 Å². The molecule has 0 radical (unpaired) electrons. The van der Waals surface area contributed by atoms with E-state index in [9.17, 15) is 47.0 Å². The number of amides is 6. The molecule has 1 atom stereocenters. The van der Waals surface area contributed by atoms with Crippen LogP contribution in [0.5, 0.6) is 0 Å². The number of aliphatic hydroxyl groups is 1. The number of nitrogens with one attached hydrogen (secondary N) is 2. The summed E-state index contributed by atoms with van der Waals surface area (Å²) in [6.45, 7) is 5.62. The van der Waals surface area contributed by atoms with E-state index in [1.807, 2.05) is 15.8 Å². The summed E-state index contributed by atoms with van der Waals surface area (Å²) in [7, 11) is 0. The van der Waals surface area contributed by atoms with Crippen molar-refractivity contribution in [2.45, 2.75) is 89.1 Å². The summed E-state index contributed by atoms with van der Waals surface area (Å²) in [4.78, 5) is 85.9. The number of aromatic nitrogens is 3. The Hall–Kier alpha value is -6.17. The third kappa shape index (κ3) is 7.47. The number of rotatable bonds is 7. The van der Waals surface area contributed by atoms with Gasteiger partial charge in [-0.3, -0.25) is 43.7 Å². The maximum atomic E-state index is 13.8. The molecule has 2 aromatic carbocycles. The maximum Gasteiger partial charge on any atom is 0.433 e. The molecule has 4 fully saturated rings. The normalized spacial score (nSPS) is 21.1. The second-order valence-corrected chi connectivity index (χ2v) is 17.8. The number of benzene rings is 2. The minimum absolute atomic E-state index is 0.0485. The number of carbonyl (C=O) groups is 6. The number of alkyl halides is 3. The van der Waals surface area contributed by atoms with Crippen LogP contribution in [0.3, 0.4) is 0 Å². The molecule has 2 aromatic heterocycles. The number of anilines is 2. The van der Waals surface area contributed by atoms with Gasteiger partial charge < -0.3 is 20.2 Å². The largest absolute Gasteiger partial charge is 0.433 e. The van der Waals surface area contributed by atoms with Crippen LogP contribution in [0.1, 0.15) is 114 Å². The Labute approximate surface area is 353 Å². The molecule has 9 rings (SSSR count). The highest BCUT2D eigenvalue weighted by Gasteiger charge is 2.48. The first-order valence-corrected chi connectivity index (χ1v) is 20.9. The van der Waals surface area contributed by atoms with Crippen LogP contribution < -0.4 is 15.5 Å². The van der Waals surface area contributed by atoms with Crippen LogP contribution in [-0.4, -0.2) is 97.3 Å². The Bertz CT molecular complexity index is 2540. The van der Waals surface area contributed by atoms with Crippen molar-refractivity contribution in [2.75, 3.05) is 36.4 Å². The number of carbonyl (C=O) groups excluding carboxylic acids is 6. The summed E-state index contributed by atoms with van der Waals surface area (Å²) in [6, 6.07) is 10.6. The number of fused-ring (bicyclic) bond motifs is 2. The molecule has 1 spiro atoms. The molecule has 0 unspecified atom stereocenters. The lowest BCUT2D eigenvalue weighted by atomic mass is 9.60. The number of halogens is 3. The highest BCUT2D eigenvalue weighted by atomic mass is 19.4. The Kier molecular flexibility index (Phi) is 9.98. The molecule has 3 N–H and O–H groups in total. The zero-order valence-corrected chi connectivity index (χ0v) is 34.1. The standard InChI is InChI=1S/C44H45F3N8O7/c1-42(2,62)30-20-32-25(18-33(30)49-37(57)31-4-3-5-35(48-31)44(45,46)47)23-54(51-32)27-21-43(22-27)12-16-53(17-13-43)39(59)24-10-14-52(15-11-24)26-6-7-28-29(19-26)41(61)55(40(28)60)34-8-9-36(56)50-38(34)58/h3-7,18-20,23-24,27,34,62H,8-17,21-22H2,1-2H3,(H,49,57)(H,50,56,58)/t34-/m0/s1. The molecular weight excluding hydrogens is 810 g/mol. The van der Waals surface area contributed by atoms with E-state index in [-0.39, 0.29) is 52.9 Å². The average molecular weight is 855 g/mol. The number of piperidine rings is 3. The molecule has 5 aliphatic rings. The molecule has 324 valence electrons. The first kappa shape index (κ1) is 41.2. The fourth-order valence-corrected chi connectivity index (χ4v) is 9.83. The summed E-state index contributed by atoms with van der Waals surface area (Å²) >= 11 is 0. The minimum Gasteiger partial charge on any atom is -0.386 e. The predicted octanol–water partition coefficient (Wildman–Crippen LogP) is 5.19. The Morgan fingerprint density at radius 1 is 0.903 bits per heavy atom. The van der Waals surface area contributed by atoms with Crippen molar-refractivity contribution in [3.05, 3.63) is 82.8 Å². The lowest BCUT2D eigenvalue weighted by Gasteiger charge is -2.52. The second-order valence-electron chi connectivity index (χ2n) is 17.8. The predicted molar refractivity (Wildman–Crippen MR) is 217 cm³/mol. The fraction of sp³-hybridized carbons (Fsp3) is 0.455. The summed E-state index contributed by atoms with van der Waals surface area (Å²) in [6.07, 6.45) is 2.08. The topological polar surface area (TPSA) is 187 Å². The van der Waals surface area contributed by atoms with E-state index in [4.69, 9.17) is 5.10 Å². The molecule has 4 aromatic rings. The zero-order valence-electron chi connectivity index (χ0n) is 34.1. The quantitative estimate of drug-likeness (QED) is 0.209. The van der Waals surface area contributed by atoms with Crippen molar-refractivity contribution < 1.29 is 47.0 Å². The van der Waals surface area contributed by atoms with E-state index in [1.165, 1.54) is 6.07 Å². The SMILES string of the molecule is CC(C)(O)c1cc2nn(C3CC4(CCN(C(=O)C5CCN(c6ccc7c(c6)C(=O)N([C@H]6CCC(=O)NC6=O)C7=O)CC5)CC4)C3)cc2cc1NC(=O)c1cccc(C(F)(F)F)n1. The van der Waals surface area contributed by atoms with E-state index < -0.39 is 58.7 Å². The number of hydrogen-bond acceptors (Lipinski definition) is 10. The van der Waals surface area contributed by atoms with Crippen LogP contribution in [0.4, 0.5) is 24.5 Å². The van der Waals surface area contributed by atoms with E-state index in [0.717, 1.165) is 48.4 Å². The minimum atomic E-state index is -4.71. The van der Waals surface area contributed by atoms with E-state index in [2.05, 4.69) is 20.5 Å². The molecule has 62 heavy (non-hydrogen) atoms. The van der Waals surface area contributed by atoms with E-state index in [1.54, 1.807) is 44.2 Å². The second kappa shape index (κ2) is 15.0. The fourth-order valence-electron chi connectivity index (χ4n) is 9.83. The van der Waals surface area contributed by atoms with Gasteiger partial charge in [-0.1, -0.05) is 6.07 Å². The summed E-state index contributed by atoms with van der Waals surface area (Å²) in [5.41, 5.74) is -0.529. The van der Waals surface area contributed by atoms with Gasteiger partial charge >= 0.3 is 6.18 Å². The zero-order chi connectivity index (χ0) is 43.9. The van der Waals surface area contributed by atoms with Gasteiger partial charge in [-0.2, -0.15) is 18.3 Å². The van der Waals surface area contributed by atoms with Gasteiger partial charge in [0.1, 0.15) is 17.4 Å². The lowest BCUT2D eigenvalue weighted by molar-refractivity contribution is -0.141. The first-order chi connectivity index (χ1) is 29.4. The van der Waals surface area contributed by atoms with Crippen LogP contribution in [0.15, 0.2) is 54.7 Å². The number of pyridine rings is 1. The summed E-state index contributed by atoms with van der Waals surface area (Å²) < 4.78 is 41.7. The van der Waals surface area contributed by atoms with Gasteiger partial charge in [0.05, 0.1) is 28.3 Å². The maximum absolute atomic E-state index is 13.8. The smallest absolute Gasteiger partial charge is 0.386 e. The van der Waals surface area contributed by atoms with Gasteiger partial charge in [0.2, 0.25) is 17.7 Å². The van der Waals surface area contributed by atoms with Crippen molar-refractivity contribution in [3.63, 3.8) is 0 Å². The van der Waals surface area contributed by atoms with Crippen LogP contribution >= 0.6 is 0 Å². The highest BCUT2D eigenvalue weighted by molar-refractivity contribution is 6.23. The lowest BCUT2D eigenvalue weighted by Crippen LogP contribution is -2.54. The van der Waals surface area contributed by atoms with Crippen LogP contribution in [-0.2, 0) is 26.2 Å². The van der Waals surface area contributed by atoms with Gasteiger partial charge in [0.25, 0.3) is 17.7 Å². The summed E-state index contributed by atoms with van der Waals surface area (Å²) in [5.74, 6) is -3.01. The number of likely N-dealkylation sites (tertiary alicyclic amines) is 1. The van der Waals surface area contributed by atoms with Crippen molar-refractivity contribution in [1.82, 2.24) is 29.9 Å². The molecular formula is C44H45F3N8O7. The third-order valence-corrected chi connectivity index (χ3v) is 13.3. The van der Waals surface area contributed by atoms with Crippen LogP contribution in [0.25, 0.3) is 10.9 Å². The van der Waals surface area contributed by atoms with Crippen molar-refractivity contribution in [2.24, 2.45) is 11.3 Å². The molecule has 4 aliphatic heterocycles. The first-order valence-electron chi connectivity index (χ1n) is 20.9. The molecule has 6 amide bonds. The molecule has 1 aliphatic carbocycles. The molecule has 0 bridgehead atoms. The van der Waals surface area contributed by atoms with Gasteiger partial charge in [-0.15, -0.1) is 0 Å². The van der Waals surface area contributed by atoms with Gasteiger partial charge in [-0.05, 0) is 107 Å². The number of imide groups is 2. The Balaban J connectivity index is 0.788. The van der Waals surface area contributed by atoms with Crippen molar-refractivity contribution >= 4 is 57.7 Å². The molecule has 1 saturated carbocycles. The third-order valence-electron chi connectivity index (χ3n) is 13.3. The highest BCUT2D eigenvalue weighted by Crippen LogP contribution is 2.55. The Morgan fingerprint density at radius 2 is 1.61 bits per heavy atom. The van der Waals surface area contributed by atoms with Gasteiger partial charge in [-0.25, -0.2) is 4.98 Å². The molecule has 3 saturated heterocycles. The monoisotopic (exact) mass is 854 g/mol. The van der Waals surface area contributed by atoms with Crippen LogP contribution in [0.2, 0.25) is 0 Å². The average Bonchev–Trinajstić information content (AvgIpc) is 3.75. The summed E-state index contributed by atoms with van der Waals surface area (Å²) in [5, 5.41) is 21.3. The molecule has 18 heteroatoms. The van der Waals surface area contributed by atoms with E-state index in [0.29, 0.717) is 55.5 Å². The Morgan fingerprint density at radius 3 is 2.29 bits per heavy atom. The number of hydrogen-bond donors (Lipinski definition) is 3. The number of nitrogens with zero attached hydrogens (tertiary/aromatic N) is 6. The molecule has 15 nitrogen and oxygen atoms in total. The molecule has 6 heterocycles.